The fourth-order valence-electron chi connectivity index (χ4n) is 1.38. The van der Waals surface area contributed by atoms with Crippen LogP contribution >= 0.6 is 0 Å². The van der Waals surface area contributed by atoms with Crippen LogP contribution in [0.1, 0.15) is 47.0 Å². The molecule has 1 rings (SSSR count). The quantitative estimate of drug-likeness (QED) is 0.570. The average molecular weight is 157 g/mol. The summed E-state index contributed by atoms with van der Waals surface area (Å²) in [4.78, 5) is 0. The van der Waals surface area contributed by atoms with Crippen LogP contribution in [0, 0.1) is 5.92 Å². The summed E-state index contributed by atoms with van der Waals surface area (Å²) in [5, 5.41) is 3.41. The van der Waals surface area contributed by atoms with Crippen molar-refractivity contribution in [2.45, 2.75) is 53.0 Å². The monoisotopic (exact) mass is 157 g/mol. The maximum atomic E-state index is 3.41. The highest BCUT2D eigenvalue weighted by Gasteiger charge is 2.12. The molecule has 0 aromatic carbocycles. The van der Waals surface area contributed by atoms with E-state index < -0.39 is 0 Å². The Bertz CT molecular complexity index is 72.9. The molecule has 0 radical (unpaired) electrons. The molecule has 1 heteroatoms. The van der Waals surface area contributed by atoms with E-state index in [9.17, 15) is 0 Å². The molecule has 1 nitrogen and oxygen atoms in total. The zero-order valence-corrected chi connectivity index (χ0v) is 8.48. The normalized spacial score (nSPS) is 30.5. The first kappa shape index (κ1) is 11.0. The molecular formula is C10H23N. The molecular weight excluding hydrogens is 134 g/mol. The Balaban J connectivity index is 0.000000292. The van der Waals surface area contributed by atoms with Crippen LogP contribution in [0.15, 0.2) is 0 Å². The van der Waals surface area contributed by atoms with Crippen molar-refractivity contribution in [2.75, 3.05) is 6.54 Å². The second-order valence-corrected chi connectivity index (χ2v) is 3.69. The van der Waals surface area contributed by atoms with Crippen molar-refractivity contribution >= 4 is 0 Å². The highest BCUT2D eigenvalue weighted by Crippen LogP contribution is 2.13. The third-order valence-corrected chi connectivity index (χ3v) is 1.89. The highest BCUT2D eigenvalue weighted by molar-refractivity contribution is 4.71. The van der Waals surface area contributed by atoms with E-state index in [2.05, 4.69) is 33.0 Å². The zero-order chi connectivity index (χ0) is 8.69. The van der Waals surface area contributed by atoms with Gasteiger partial charge in [0.05, 0.1) is 0 Å². The molecule has 1 saturated heterocycles. The van der Waals surface area contributed by atoms with E-state index in [1.807, 2.05) is 0 Å². The van der Waals surface area contributed by atoms with Crippen molar-refractivity contribution in [3.63, 3.8) is 0 Å². The van der Waals surface area contributed by atoms with Gasteiger partial charge in [-0.3, -0.25) is 0 Å². The van der Waals surface area contributed by atoms with E-state index >= 15 is 0 Å². The van der Waals surface area contributed by atoms with Gasteiger partial charge in [-0.15, -0.1) is 0 Å². The molecule has 0 spiro atoms. The van der Waals surface area contributed by atoms with Gasteiger partial charge in [0.1, 0.15) is 0 Å². The molecule has 0 saturated carbocycles. The van der Waals surface area contributed by atoms with Gasteiger partial charge in [0.25, 0.3) is 0 Å². The summed E-state index contributed by atoms with van der Waals surface area (Å²) in [5.74, 6) is 0.950. The molecule has 1 fully saturated rings. The second-order valence-electron chi connectivity index (χ2n) is 3.69. The molecule has 0 aromatic heterocycles. The van der Waals surface area contributed by atoms with E-state index in [1.54, 1.807) is 0 Å². The Morgan fingerprint density at radius 3 is 2.09 bits per heavy atom. The van der Waals surface area contributed by atoms with Crippen LogP contribution in [0.3, 0.4) is 0 Å². The number of nitrogens with one attached hydrogen (secondary N) is 1. The van der Waals surface area contributed by atoms with Gasteiger partial charge in [-0.2, -0.15) is 0 Å². The molecule has 2 atom stereocenters. The van der Waals surface area contributed by atoms with Gasteiger partial charge in [0, 0.05) is 6.04 Å². The van der Waals surface area contributed by atoms with Crippen LogP contribution in [0.25, 0.3) is 0 Å². The fourth-order valence-corrected chi connectivity index (χ4v) is 1.38. The topological polar surface area (TPSA) is 12.0 Å². The summed E-state index contributed by atoms with van der Waals surface area (Å²) in [7, 11) is 0. The van der Waals surface area contributed by atoms with Crippen LogP contribution in [0.2, 0.25) is 0 Å². The lowest BCUT2D eigenvalue weighted by Gasteiger charge is -2.24. The molecule has 1 N–H and O–H groups in total. The smallest absolute Gasteiger partial charge is 0.00412 e. The molecule has 1 aliphatic rings. The maximum absolute atomic E-state index is 3.41. The number of hydrogen-bond donors (Lipinski definition) is 1. The van der Waals surface area contributed by atoms with Crippen molar-refractivity contribution in [2.24, 2.45) is 5.92 Å². The molecule has 0 bridgehead atoms. The highest BCUT2D eigenvalue weighted by atomic mass is 14.9. The molecule has 0 aromatic rings. The predicted molar refractivity (Wildman–Crippen MR) is 51.8 cm³/mol. The Morgan fingerprint density at radius 1 is 1.27 bits per heavy atom. The van der Waals surface area contributed by atoms with Gasteiger partial charge in [-0.05, 0) is 32.2 Å². The summed E-state index contributed by atoms with van der Waals surface area (Å²) < 4.78 is 0. The van der Waals surface area contributed by atoms with E-state index in [4.69, 9.17) is 0 Å². The molecule has 1 heterocycles. The Labute approximate surface area is 71.6 Å². The van der Waals surface area contributed by atoms with Gasteiger partial charge in [0.15, 0.2) is 0 Å². The lowest BCUT2D eigenvalue weighted by molar-refractivity contribution is 0.336. The van der Waals surface area contributed by atoms with Crippen molar-refractivity contribution in [1.29, 1.82) is 0 Å². The maximum Gasteiger partial charge on any atom is 0.00412 e. The van der Waals surface area contributed by atoms with Crippen LogP contribution in [-0.2, 0) is 0 Å². The molecule has 0 amide bonds. The van der Waals surface area contributed by atoms with Gasteiger partial charge < -0.3 is 5.32 Å². The lowest BCUT2D eigenvalue weighted by Crippen LogP contribution is -2.34. The Morgan fingerprint density at radius 2 is 1.82 bits per heavy atom. The van der Waals surface area contributed by atoms with Crippen molar-refractivity contribution in [3.05, 3.63) is 0 Å². The van der Waals surface area contributed by atoms with Crippen molar-refractivity contribution < 1.29 is 0 Å². The zero-order valence-electron chi connectivity index (χ0n) is 8.48. The third kappa shape index (κ3) is 6.36. The van der Waals surface area contributed by atoms with Crippen LogP contribution in [-0.4, -0.2) is 12.6 Å². The minimum absolute atomic E-state index is 0.763. The standard InChI is InChI=1S/C7H15N.C3H8/c1-6-3-4-8-7(2)5-6;1-3-2/h6-8H,3-5H2,1-2H3;3H2,1-2H3/t6-,7+;/m0./s1. The number of piperidine rings is 1. The number of rotatable bonds is 0. The lowest BCUT2D eigenvalue weighted by atomic mass is 9.96. The fraction of sp³-hybridized carbons (Fsp3) is 1.00. The third-order valence-electron chi connectivity index (χ3n) is 1.89. The molecule has 0 unspecified atom stereocenters. The minimum Gasteiger partial charge on any atom is -0.314 e. The van der Waals surface area contributed by atoms with E-state index in [0.717, 1.165) is 12.0 Å². The van der Waals surface area contributed by atoms with Gasteiger partial charge >= 0.3 is 0 Å². The van der Waals surface area contributed by atoms with E-state index in [-0.39, 0.29) is 0 Å². The minimum atomic E-state index is 0.763. The van der Waals surface area contributed by atoms with Crippen LogP contribution < -0.4 is 5.32 Å². The largest absolute Gasteiger partial charge is 0.314 e. The van der Waals surface area contributed by atoms with Crippen LogP contribution in [0.4, 0.5) is 0 Å². The average Bonchev–Trinajstić information content (AvgIpc) is 1.88. The first-order chi connectivity index (χ1) is 5.20. The van der Waals surface area contributed by atoms with E-state index in [0.29, 0.717) is 0 Å². The number of hydrogen-bond acceptors (Lipinski definition) is 1. The first-order valence-electron chi connectivity index (χ1n) is 4.94. The van der Waals surface area contributed by atoms with Gasteiger partial charge in [-0.25, -0.2) is 0 Å². The SMILES string of the molecule is CCC.C[C@H]1CCN[C@H](C)C1. The van der Waals surface area contributed by atoms with Crippen LogP contribution in [0.5, 0.6) is 0 Å². The molecule has 11 heavy (non-hydrogen) atoms. The Hall–Kier alpha value is -0.0400. The predicted octanol–water partition coefficient (Wildman–Crippen LogP) is 2.81. The molecule has 1 aliphatic heterocycles. The second kappa shape index (κ2) is 6.66. The summed E-state index contributed by atoms with van der Waals surface area (Å²) in [6, 6.07) is 0.763. The summed E-state index contributed by atoms with van der Waals surface area (Å²) in [6.07, 6.45) is 3.98. The summed E-state index contributed by atoms with van der Waals surface area (Å²) in [5.41, 5.74) is 0. The van der Waals surface area contributed by atoms with Gasteiger partial charge in [-0.1, -0.05) is 27.2 Å². The molecule has 68 valence electrons. The summed E-state index contributed by atoms with van der Waals surface area (Å²) >= 11 is 0. The van der Waals surface area contributed by atoms with Crippen molar-refractivity contribution in [1.82, 2.24) is 5.32 Å². The van der Waals surface area contributed by atoms with Gasteiger partial charge in [0.2, 0.25) is 0 Å². The first-order valence-corrected chi connectivity index (χ1v) is 4.94. The Kier molecular flexibility index (Phi) is 6.63. The van der Waals surface area contributed by atoms with Crippen molar-refractivity contribution in [3.8, 4) is 0 Å². The summed E-state index contributed by atoms with van der Waals surface area (Å²) in [6.45, 7) is 10.1. The molecule has 0 aliphatic carbocycles. The van der Waals surface area contributed by atoms with E-state index in [1.165, 1.54) is 25.8 Å².